The number of hydrogen-bond donors (Lipinski definition) is 1. The first kappa shape index (κ1) is 16.9. The van der Waals surface area contributed by atoms with Gasteiger partial charge in [-0.25, -0.2) is 0 Å². The molecule has 1 saturated heterocycles. The van der Waals surface area contributed by atoms with Crippen LogP contribution in [0.15, 0.2) is 30.3 Å². The quantitative estimate of drug-likeness (QED) is 0.771. The van der Waals surface area contributed by atoms with Crippen LogP contribution in [0.2, 0.25) is 0 Å². The van der Waals surface area contributed by atoms with Gasteiger partial charge in [0, 0.05) is 25.2 Å². The number of piperazine rings is 1. The summed E-state index contributed by atoms with van der Waals surface area (Å²) in [6.07, 6.45) is 4.85. The Kier molecular flexibility index (Phi) is 7.08. The molecule has 1 aromatic carbocycles. The third-order valence-electron chi connectivity index (χ3n) is 4.48. The van der Waals surface area contributed by atoms with Gasteiger partial charge in [-0.15, -0.1) is 0 Å². The van der Waals surface area contributed by atoms with E-state index in [1.165, 1.54) is 37.2 Å². The van der Waals surface area contributed by atoms with Crippen LogP contribution in [0.4, 0.5) is 0 Å². The van der Waals surface area contributed by atoms with Gasteiger partial charge in [0.1, 0.15) is 0 Å². The summed E-state index contributed by atoms with van der Waals surface area (Å²) in [6, 6.07) is 12.2. The maximum Gasteiger partial charge on any atom is 0.0473 e. The van der Waals surface area contributed by atoms with E-state index in [2.05, 4.69) is 60.7 Å². The lowest BCUT2D eigenvalue weighted by Crippen LogP contribution is -2.54. The Morgan fingerprint density at radius 3 is 2.67 bits per heavy atom. The monoisotopic (exact) mass is 306 g/mol. The highest BCUT2D eigenvalue weighted by Crippen LogP contribution is 2.25. The predicted molar refractivity (Wildman–Crippen MR) is 95.0 cm³/mol. The molecule has 1 aliphatic heterocycles. The molecule has 0 radical (unpaired) electrons. The van der Waals surface area contributed by atoms with Gasteiger partial charge in [-0.05, 0) is 42.9 Å². The lowest BCUT2D eigenvalue weighted by Gasteiger charge is -2.42. The minimum atomic E-state index is 0.537. The zero-order valence-electron chi connectivity index (χ0n) is 13.7. The molecule has 0 aliphatic carbocycles. The fourth-order valence-corrected chi connectivity index (χ4v) is 3.59. The molecule has 0 saturated carbocycles. The molecule has 0 spiro atoms. The van der Waals surface area contributed by atoms with Crippen molar-refractivity contribution >= 4 is 11.8 Å². The molecule has 0 aromatic heterocycles. The van der Waals surface area contributed by atoms with Gasteiger partial charge in [0.2, 0.25) is 0 Å². The van der Waals surface area contributed by atoms with E-state index in [9.17, 15) is 0 Å². The average Bonchev–Trinajstić information content (AvgIpc) is 2.52. The number of hydrogen-bond acceptors (Lipinski definition) is 3. The summed E-state index contributed by atoms with van der Waals surface area (Å²) in [6.45, 7) is 8.13. The van der Waals surface area contributed by atoms with Crippen LogP contribution in [0.3, 0.4) is 0 Å². The molecular weight excluding hydrogens is 276 g/mol. The number of rotatable bonds is 7. The number of nitrogens with zero attached hydrogens (tertiary/aromatic N) is 1. The van der Waals surface area contributed by atoms with Crippen molar-refractivity contribution in [3.05, 3.63) is 35.9 Å². The van der Waals surface area contributed by atoms with Crippen LogP contribution in [0.25, 0.3) is 0 Å². The van der Waals surface area contributed by atoms with Crippen molar-refractivity contribution in [2.45, 2.75) is 38.8 Å². The van der Waals surface area contributed by atoms with Crippen molar-refractivity contribution < 1.29 is 0 Å². The van der Waals surface area contributed by atoms with Crippen molar-refractivity contribution in [2.75, 3.05) is 31.6 Å². The van der Waals surface area contributed by atoms with E-state index in [0.29, 0.717) is 18.0 Å². The molecule has 3 heteroatoms. The molecule has 1 aromatic rings. The number of unbranched alkanes of at least 4 members (excludes halogenated alkanes) is 1. The van der Waals surface area contributed by atoms with Gasteiger partial charge in [-0.2, -0.15) is 11.8 Å². The van der Waals surface area contributed by atoms with Crippen molar-refractivity contribution in [2.24, 2.45) is 5.92 Å². The van der Waals surface area contributed by atoms with Crippen molar-refractivity contribution in [3.63, 3.8) is 0 Å². The third kappa shape index (κ3) is 5.01. The fraction of sp³-hybridized carbons (Fsp3) is 0.667. The summed E-state index contributed by atoms with van der Waals surface area (Å²) in [5.41, 5.74) is 1.46. The number of thioether (sulfide) groups is 1. The van der Waals surface area contributed by atoms with Gasteiger partial charge in [-0.3, -0.25) is 4.90 Å². The van der Waals surface area contributed by atoms with E-state index < -0.39 is 0 Å². The zero-order chi connectivity index (χ0) is 15.1. The van der Waals surface area contributed by atoms with Gasteiger partial charge >= 0.3 is 0 Å². The topological polar surface area (TPSA) is 15.3 Å². The minimum absolute atomic E-state index is 0.537. The molecule has 2 unspecified atom stereocenters. The maximum atomic E-state index is 3.75. The molecule has 21 heavy (non-hydrogen) atoms. The second-order valence-corrected chi connectivity index (χ2v) is 7.37. The Hall–Kier alpha value is -0.510. The van der Waals surface area contributed by atoms with Crippen LogP contribution in [-0.4, -0.2) is 42.6 Å². The van der Waals surface area contributed by atoms with Crippen molar-refractivity contribution in [1.29, 1.82) is 0 Å². The predicted octanol–water partition coefficient (Wildman–Crippen LogP) is 3.80. The largest absolute Gasteiger partial charge is 0.311 e. The molecule has 0 bridgehead atoms. The molecule has 1 N–H and O–H groups in total. The van der Waals surface area contributed by atoms with Crippen LogP contribution in [-0.2, 0) is 0 Å². The average molecular weight is 307 g/mol. The summed E-state index contributed by atoms with van der Waals surface area (Å²) >= 11 is 1.96. The molecule has 1 fully saturated rings. The smallest absolute Gasteiger partial charge is 0.0473 e. The molecule has 1 heterocycles. The van der Waals surface area contributed by atoms with E-state index in [4.69, 9.17) is 0 Å². The van der Waals surface area contributed by atoms with Crippen LogP contribution in [0.1, 0.15) is 38.3 Å². The summed E-state index contributed by atoms with van der Waals surface area (Å²) in [7, 11) is 0. The number of nitrogens with one attached hydrogen (secondary N) is 1. The van der Waals surface area contributed by atoms with Gasteiger partial charge in [0.05, 0.1) is 0 Å². The maximum absolute atomic E-state index is 3.75. The van der Waals surface area contributed by atoms with Crippen molar-refractivity contribution in [3.8, 4) is 0 Å². The first-order valence-corrected chi connectivity index (χ1v) is 9.63. The molecule has 118 valence electrons. The Balaban J connectivity index is 1.99. The second kappa shape index (κ2) is 8.82. The van der Waals surface area contributed by atoms with Gasteiger partial charge in [-0.1, -0.05) is 44.2 Å². The lowest BCUT2D eigenvalue weighted by atomic mass is 9.95. The van der Waals surface area contributed by atoms with Crippen LogP contribution in [0, 0.1) is 5.92 Å². The Morgan fingerprint density at radius 1 is 1.24 bits per heavy atom. The normalized spacial score (nSPS) is 23.6. The summed E-state index contributed by atoms with van der Waals surface area (Å²) in [5.74, 6) is 1.99. The highest BCUT2D eigenvalue weighted by Gasteiger charge is 2.29. The van der Waals surface area contributed by atoms with Crippen LogP contribution >= 0.6 is 11.8 Å². The number of benzene rings is 1. The standard InChI is InChI=1S/C18H30N2S/c1-15(2)17-14-20(11-7-8-12-21-3)18(13-19-17)16-9-5-4-6-10-16/h4-6,9-10,15,17-19H,7-8,11-14H2,1-3H3. The molecular formula is C18H30N2S. The Morgan fingerprint density at radius 2 is 2.00 bits per heavy atom. The lowest BCUT2D eigenvalue weighted by molar-refractivity contribution is 0.112. The van der Waals surface area contributed by atoms with E-state index in [0.717, 1.165) is 6.54 Å². The van der Waals surface area contributed by atoms with Crippen LogP contribution in [0.5, 0.6) is 0 Å². The first-order chi connectivity index (χ1) is 10.2. The Labute approximate surface area is 134 Å². The van der Waals surface area contributed by atoms with E-state index in [1.54, 1.807) is 0 Å². The molecule has 2 nitrogen and oxygen atoms in total. The Bertz CT molecular complexity index is 393. The molecule has 2 atom stereocenters. The molecule has 0 amide bonds. The van der Waals surface area contributed by atoms with Gasteiger partial charge in [0.25, 0.3) is 0 Å². The fourth-order valence-electron chi connectivity index (χ4n) is 3.10. The molecule has 1 aliphatic rings. The van der Waals surface area contributed by atoms with Gasteiger partial charge in [0.15, 0.2) is 0 Å². The summed E-state index contributed by atoms with van der Waals surface area (Å²) in [5, 5.41) is 3.75. The highest BCUT2D eigenvalue weighted by atomic mass is 32.2. The van der Waals surface area contributed by atoms with Crippen molar-refractivity contribution in [1.82, 2.24) is 10.2 Å². The zero-order valence-corrected chi connectivity index (χ0v) is 14.5. The second-order valence-electron chi connectivity index (χ2n) is 6.38. The van der Waals surface area contributed by atoms with E-state index in [1.807, 2.05) is 11.8 Å². The first-order valence-electron chi connectivity index (χ1n) is 8.23. The van der Waals surface area contributed by atoms with E-state index >= 15 is 0 Å². The molecule has 2 rings (SSSR count). The summed E-state index contributed by atoms with van der Waals surface area (Å²) in [4.78, 5) is 2.71. The SMILES string of the molecule is CSCCCCN1CC(C(C)C)NCC1c1ccccc1. The van der Waals surface area contributed by atoms with E-state index in [-0.39, 0.29) is 0 Å². The van der Waals surface area contributed by atoms with Crippen LogP contribution < -0.4 is 5.32 Å². The highest BCUT2D eigenvalue weighted by molar-refractivity contribution is 7.98. The third-order valence-corrected chi connectivity index (χ3v) is 5.18. The summed E-state index contributed by atoms with van der Waals surface area (Å²) < 4.78 is 0. The minimum Gasteiger partial charge on any atom is -0.311 e. The van der Waals surface area contributed by atoms with Gasteiger partial charge < -0.3 is 5.32 Å².